The van der Waals surface area contributed by atoms with Crippen molar-refractivity contribution in [2.45, 2.75) is 38.5 Å². The van der Waals surface area contributed by atoms with Gasteiger partial charge in [0.1, 0.15) is 0 Å². The first-order valence-corrected chi connectivity index (χ1v) is 10.5. The fourth-order valence-electron chi connectivity index (χ4n) is 5.07. The molecule has 7 nitrogen and oxygen atoms in total. The molecule has 4 rings (SSSR count). The molecular formula is C21H30N4O3. The molecule has 152 valence electrons. The van der Waals surface area contributed by atoms with Gasteiger partial charge >= 0.3 is 12.0 Å². The van der Waals surface area contributed by atoms with Gasteiger partial charge in [-0.05, 0) is 55.6 Å². The van der Waals surface area contributed by atoms with Crippen LogP contribution in [-0.2, 0) is 4.79 Å². The van der Waals surface area contributed by atoms with Gasteiger partial charge in [-0.25, -0.2) is 4.79 Å². The molecule has 1 N–H and O–H groups in total. The molecular weight excluding hydrogens is 356 g/mol. The number of aliphatic carboxylic acids is 1. The van der Waals surface area contributed by atoms with Gasteiger partial charge in [-0.3, -0.25) is 9.78 Å². The molecule has 4 heterocycles. The fourth-order valence-corrected chi connectivity index (χ4v) is 5.07. The van der Waals surface area contributed by atoms with Crippen LogP contribution in [0.2, 0.25) is 0 Å². The lowest BCUT2D eigenvalue weighted by Crippen LogP contribution is -2.51. The topological polar surface area (TPSA) is 77.0 Å². The standard InChI is InChI=1S/C21H30N4O3/c26-19(27)15-17-3-10-23(11-4-17)20(28)24-12-5-21(6-13-24)7-14-25(16-21)18-1-8-22-9-2-18/h1-2,8-9,17H,3-7,10-16H2,(H,26,27). The maximum atomic E-state index is 12.9. The van der Waals surface area contributed by atoms with Crippen LogP contribution < -0.4 is 4.90 Å². The van der Waals surface area contributed by atoms with Gasteiger partial charge in [-0.15, -0.1) is 0 Å². The number of carboxylic acids is 1. The van der Waals surface area contributed by atoms with Crippen molar-refractivity contribution in [1.82, 2.24) is 14.8 Å². The number of aromatic nitrogens is 1. The minimum atomic E-state index is -0.733. The lowest BCUT2D eigenvalue weighted by atomic mass is 9.78. The lowest BCUT2D eigenvalue weighted by Gasteiger charge is -2.42. The van der Waals surface area contributed by atoms with Crippen LogP contribution in [-0.4, -0.2) is 71.2 Å². The van der Waals surface area contributed by atoms with Crippen LogP contribution >= 0.6 is 0 Å². The summed E-state index contributed by atoms with van der Waals surface area (Å²) in [5, 5.41) is 8.94. The maximum absolute atomic E-state index is 12.9. The number of piperidine rings is 2. The molecule has 1 spiro atoms. The number of rotatable bonds is 3. The van der Waals surface area contributed by atoms with Crippen LogP contribution in [0.5, 0.6) is 0 Å². The summed E-state index contributed by atoms with van der Waals surface area (Å²) in [5.41, 5.74) is 1.57. The molecule has 0 radical (unpaired) electrons. The van der Waals surface area contributed by atoms with E-state index < -0.39 is 5.97 Å². The highest BCUT2D eigenvalue weighted by atomic mass is 16.4. The SMILES string of the molecule is O=C(O)CC1CCN(C(=O)N2CCC3(CC2)CCN(c2ccncc2)C3)CC1. The summed E-state index contributed by atoms with van der Waals surface area (Å²) in [5.74, 6) is -0.521. The minimum Gasteiger partial charge on any atom is -0.481 e. The molecule has 3 fully saturated rings. The van der Waals surface area contributed by atoms with E-state index in [-0.39, 0.29) is 18.4 Å². The number of pyridine rings is 1. The summed E-state index contributed by atoms with van der Waals surface area (Å²) in [6.45, 7) is 5.19. The number of amides is 2. The molecule has 0 atom stereocenters. The van der Waals surface area contributed by atoms with Crippen molar-refractivity contribution in [3.63, 3.8) is 0 Å². The van der Waals surface area contributed by atoms with Crippen molar-refractivity contribution in [2.75, 3.05) is 44.2 Å². The minimum absolute atomic E-state index is 0.146. The lowest BCUT2D eigenvalue weighted by molar-refractivity contribution is -0.138. The first kappa shape index (κ1) is 19.0. The van der Waals surface area contributed by atoms with E-state index in [2.05, 4.69) is 22.0 Å². The summed E-state index contributed by atoms with van der Waals surface area (Å²) in [4.78, 5) is 34.3. The Balaban J connectivity index is 1.27. The van der Waals surface area contributed by atoms with E-state index in [9.17, 15) is 9.59 Å². The fraction of sp³-hybridized carbons (Fsp3) is 0.667. The third kappa shape index (κ3) is 4.08. The van der Waals surface area contributed by atoms with E-state index in [1.54, 1.807) is 0 Å². The van der Waals surface area contributed by atoms with Crippen molar-refractivity contribution < 1.29 is 14.7 Å². The second-order valence-corrected chi connectivity index (χ2v) is 8.67. The second kappa shape index (κ2) is 7.97. The summed E-state index contributed by atoms with van der Waals surface area (Å²) >= 11 is 0. The molecule has 1 aromatic heterocycles. The summed E-state index contributed by atoms with van der Waals surface area (Å²) in [6.07, 6.45) is 8.85. The van der Waals surface area contributed by atoms with Crippen LogP contribution in [0.15, 0.2) is 24.5 Å². The Morgan fingerprint density at radius 1 is 1.00 bits per heavy atom. The Bertz CT molecular complexity index is 695. The highest BCUT2D eigenvalue weighted by molar-refractivity contribution is 5.74. The van der Waals surface area contributed by atoms with Gasteiger partial charge in [0.05, 0.1) is 0 Å². The molecule has 28 heavy (non-hydrogen) atoms. The number of hydrogen-bond donors (Lipinski definition) is 1. The second-order valence-electron chi connectivity index (χ2n) is 8.67. The van der Waals surface area contributed by atoms with Gasteiger partial charge < -0.3 is 19.8 Å². The van der Waals surface area contributed by atoms with E-state index in [1.807, 2.05) is 22.2 Å². The summed E-state index contributed by atoms with van der Waals surface area (Å²) in [6, 6.07) is 4.30. The number of carbonyl (C=O) groups excluding carboxylic acids is 1. The number of hydrogen-bond acceptors (Lipinski definition) is 4. The molecule has 3 saturated heterocycles. The molecule has 0 aliphatic carbocycles. The van der Waals surface area contributed by atoms with Crippen molar-refractivity contribution in [3.8, 4) is 0 Å². The Morgan fingerprint density at radius 2 is 1.61 bits per heavy atom. The predicted octanol–water partition coefficient (Wildman–Crippen LogP) is 2.68. The average molecular weight is 386 g/mol. The smallest absolute Gasteiger partial charge is 0.319 e. The Kier molecular flexibility index (Phi) is 5.42. The number of anilines is 1. The zero-order valence-electron chi connectivity index (χ0n) is 16.4. The highest BCUT2D eigenvalue weighted by Gasteiger charge is 2.42. The van der Waals surface area contributed by atoms with Crippen LogP contribution in [0.4, 0.5) is 10.5 Å². The third-order valence-electron chi connectivity index (χ3n) is 6.91. The van der Waals surface area contributed by atoms with Crippen LogP contribution in [0.3, 0.4) is 0 Å². The largest absolute Gasteiger partial charge is 0.481 e. The van der Waals surface area contributed by atoms with E-state index in [0.29, 0.717) is 18.5 Å². The van der Waals surface area contributed by atoms with E-state index in [1.165, 1.54) is 12.1 Å². The number of carboxylic acid groups (broad SMARTS) is 1. The van der Waals surface area contributed by atoms with Crippen LogP contribution in [0, 0.1) is 11.3 Å². The maximum Gasteiger partial charge on any atom is 0.319 e. The van der Waals surface area contributed by atoms with Gasteiger partial charge in [-0.2, -0.15) is 0 Å². The van der Waals surface area contributed by atoms with Gasteiger partial charge in [0.2, 0.25) is 0 Å². The zero-order chi connectivity index (χ0) is 19.6. The average Bonchev–Trinajstić information content (AvgIpc) is 3.12. The number of urea groups is 1. The number of likely N-dealkylation sites (tertiary alicyclic amines) is 2. The first-order valence-electron chi connectivity index (χ1n) is 10.5. The third-order valence-corrected chi connectivity index (χ3v) is 6.91. The van der Waals surface area contributed by atoms with Crippen molar-refractivity contribution in [2.24, 2.45) is 11.3 Å². The monoisotopic (exact) mass is 386 g/mol. The van der Waals surface area contributed by atoms with Crippen molar-refractivity contribution in [3.05, 3.63) is 24.5 Å². The van der Waals surface area contributed by atoms with E-state index in [4.69, 9.17) is 5.11 Å². The predicted molar refractivity (Wildman–Crippen MR) is 106 cm³/mol. The molecule has 3 aliphatic heterocycles. The van der Waals surface area contributed by atoms with E-state index in [0.717, 1.165) is 51.9 Å². The van der Waals surface area contributed by atoms with Gasteiger partial charge in [0.25, 0.3) is 0 Å². The molecule has 1 aromatic rings. The summed E-state index contributed by atoms with van der Waals surface area (Å²) < 4.78 is 0. The Labute approximate surface area is 166 Å². The molecule has 7 heteroatoms. The van der Waals surface area contributed by atoms with Crippen LogP contribution in [0.1, 0.15) is 38.5 Å². The molecule has 0 aromatic carbocycles. The van der Waals surface area contributed by atoms with Gasteiger partial charge in [0.15, 0.2) is 0 Å². The molecule has 0 unspecified atom stereocenters. The Hall–Kier alpha value is -2.31. The summed E-state index contributed by atoms with van der Waals surface area (Å²) in [7, 11) is 0. The van der Waals surface area contributed by atoms with Gasteiger partial charge in [0, 0.05) is 63.8 Å². The first-order chi connectivity index (χ1) is 13.5. The quantitative estimate of drug-likeness (QED) is 0.864. The van der Waals surface area contributed by atoms with E-state index >= 15 is 0 Å². The molecule has 3 aliphatic rings. The number of carbonyl (C=O) groups is 2. The molecule has 0 bridgehead atoms. The normalized spacial score (nSPS) is 22.6. The molecule has 2 amide bonds. The van der Waals surface area contributed by atoms with Crippen molar-refractivity contribution in [1.29, 1.82) is 0 Å². The van der Waals surface area contributed by atoms with Crippen LogP contribution in [0.25, 0.3) is 0 Å². The molecule has 0 saturated carbocycles. The number of nitrogens with zero attached hydrogens (tertiary/aromatic N) is 4. The van der Waals surface area contributed by atoms with Gasteiger partial charge in [-0.1, -0.05) is 0 Å². The van der Waals surface area contributed by atoms with Crippen molar-refractivity contribution >= 4 is 17.7 Å². The Morgan fingerprint density at radius 3 is 2.25 bits per heavy atom. The highest BCUT2D eigenvalue weighted by Crippen LogP contribution is 2.42. The zero-order valence-corrected chi connectivity index (χ0v) is 16.4.